The minimum atomic E-state index is -0.504. The first-order valence-electron chi connectivity index (χ1n) is 6.13. The predicted octanol–water partition coefficient (Wildman–Crippen LogP) is 3.22. The molecule has 0 rings (SSSR count). The lowest BCUT2D eigenvalue weighted by atomic mass is 9.78. The number of rotatable bonds is 3. The van der Waals surface area contributed by atoms with Crippen molar-refractivity contribution < 1.29 is 14.3 Å². The van der Waals surface area contributed by atoms with Crippen LogP contribution in [-0.2, 0) is 14.3 Å². The van der Waals surface area contributed by atoms with Crippen LogP contribution in [-0.4, -0.2) is 17.4 Å². The lowest BCUT2D eigenvalue weighted by Crippen LogP contribution is -2.36. The highest BCUT2D eigenvalue weighted by molar-refractivity contribution is 5.89. The van der Waals surface area contributed by atoms with Crippen LogP contribution in [0.3, 0.4) is 0 Å². The maximum Gasteiger partial charge on any atom is 0.309 e. The Kier molecular flexibility index (Phi) is 4.93. The summed E-state index contributed by atoms with van der Waals surface area (Å²) in [4.78, 5) is 23.9. The third kappa shape index (κ3) is 5.33. The van der Waals surface area contributed by atoms with Gasteiger partial charge < -0.3 is 4.74 Å². The van der Waals surface area contributed by atoms with Crippen molar-refractivity contribution in [1.29, 1.82) is 0 Å². The van der Waals surface area contributed by atoms with Crippen LogP contribution < -0.4 is 0 Å². The summed E-state index contributed by atoms with van der Waals surface area (Å²) in [6.45, 7) is 14.6. The van der Waals surface area contributed by atoms with Crippen molar-refractivity contribution in [2.75, 3.05) is 0 Å². The molecule has 0 aromatic rings. The first-order valence-corrected chi connectivity index (χ1v) is 6.13. The van der Waals surface area contributed by atoms with Crippen LogP contribution in [0.15, 0.2) is 0 Å². The van der Waals surface area contributed by atoms with Gasteiger partial charge in [0.1, 0.15) is 11.4 Å². The molecule has 1 unspecified atom stereocenters. The second-order valence-electron chi connectivity index (χ2n) is 6.73. The normalized spacial score (nSPS) is 16.2. The lowest BCUT2D eigenvalue weighted by Gasteiger charge is -2.28. The predicted molar refractivity (Wildman–Crippen MR) is 68.6 cm³/mol. The molecule has 3 nitrogen and oxygen atoms in total. The van der Waals surface area contributed by atoms with E-state index >= 15 is 0 Å². The zero-order chi connectivity index (χ0) is 14.0. The highest BCUT2D eigenvalue weighted by atomic mass is 16.6. The van der Waals surface area contributed by atoms with Gasteiger partial charge in [0.05, 0.1) is 5.92 Å². The molecule has 0 heterocycles. The van der Waals surface area contributed by atoms with E-state index in [0.717, 1.165) is 0 Å². The van der Waals surface area contributed by atoms with Gasteiger partial charge in [-0.15, -0.1) is 0 Å². The van der Waals surface area contributed by atoms with Crippen LogP contribution in [0, 0.1) is 17.3 Å². The number of ketones is 1. The number of hydrogen-bond donors (Lipinski definition) is 0. The van der Waals surface area contributed by atoms with Crippen LogP contribution in [0.5, 0.6) is 0 Å². The minimum absolute atomic E-state index is 0.0934. The van der Waals surface area contributed by atoms with E-state index in [2.05, 4.69) is 0 Å². The molecule has 0 spiro atoms. The fourth-order valence-corrected chi connectivity index (χ4v) is 1.51. The number of ether oxygens (including phenoxy) is 1. The Bertz CT molecular complexity index is 292. The maximum atomic E-state index is 12.1. The summed E-state index contributed by atoms with van der Waals surface area (Å²) in [7, 11) is 0. The van der Waals surface area contributed by atoms with Crippen LogP contribution in [0.25, 0.3) is 0 Å². The summed E-state index contributed by atoms with van der Waals surface area (Å²) in [5, 5.41) is 0. The van der Waals surface area contributed by atoms with Gasteiger partial charge in [-0.05, 0) is 20.8 Å². The van der Waals surface area contributed by atoms with Crippen LogP contribution in [0.2, 0.25) is 0 Å². The molecule has 17 heavy (non-hydrogen) atoms. The topological polar surface area (TPSA) is 43.4 Å². The molecule has 0 saturated carbocycles. The third-order valence-electron chi connectivity index (χ3n) is 2.68. The van der Waals surface area contributed by atoms with E-state index < -0.39 is 16.9 Å². The average molecular weight is 242 g/mol. The van der Waals surface area contributed by atoms with Gasteiger partial charge in [0.2, 0.25) is 0 Å². The molecule has 0 saturated heterocycles. The molecule has 0 aliphatic carbocycles. The molecule has 0 aromatic heterocycles. The van der Waals surface area contributed by atoms with E-state index in [1.807, 2.05) is 41.5 Å². The molecule has 0 aliphatic rings. The van der Waals surface area contributed by atoms with Gasteiger partial charge in [-0.3, -0.25) is 9.59 Å². The van der Waals surface area contributed by atoms with Crippen LogP contribution in [0.4, 0.5) is 0 Å². The van der Waals surface area contributed by atoms with Crippen LogP contribution in [0.1, 0.15) is 55.4 Å². The van der Waals surface area contributed by atoms with E-state index in [1.165, 1.54) is 0 Å². The molecule has 0 aromatic carbocycles. The minimum Gasteiger partial charge on any atom is -0.460 e. The van der Waals surface area contributed by atoms with E-state index in [0.29, 0.717) is 0 Å². The maximum absolute atomic E-state index is 12.1. The van der Waals surface area contributed by atoms with E-state index in [1.54, 1.807) is 13.8 Å². The molecule has 2 atom stereocenters. The molecule has 0 aliphatic heterocycles. The number of carbonyl (C=O) groups excluding carboxylic acids is 2. The lowest BCUT2D eigenvalue weighted by molar-refractivity contribution is -0.163. The zero-order valence-electron chi connectivity index (χ0n) is 12.4. The SMILES string of the molecule is CC(C(=O)OC(C)(C)C)[C@H](C)C(=O)C(C)(C)C. The molecule has 0 fully saturated rings. The molecule has 3 heteroatoms. The summed E-state index contributed by atoms with van der Waals surface area (Å²) in [5.41, 5.74) is -0.925. The van der Waals surface area contributed by atoms with E-state index in [-0.39, 0.29) is 17.7 Å². The second kappa shape index (κ2) is 5.19. The summed E-state index contributed by atoms with van der Waals surface area (Å²) >= 11 is 0. The highest BCUT2D eigenvalue weighted by Gasteiger charge is 2.34. The Labute approximate surface area is 105 Å². The van der Waals surface area contributed by atoms with Crippen molar-refractivity contribution in [3.05, 3.63) is 0 Å². The van der Waals surface area contributed by atoms with Gasteiger partial charge in [-0.1, -0.05) is 34.6 Å². The van der Waals surface area contributed by atoms with Gasteiger partial charge >= 0.3 is 5.97 Å². The van der Waals surface area contributed by atoms with Gasteiger partial charge in [0.25, 0.3) is 0 Å². The number of hydrogen-bond acceptors (Lipinski definition) is 3. The smallest absolute Gasteiger partial charge is 0.309 e. The quantitative estimate of drug-likeness (QED) is 0.714. The van der Waals surface area contributed by atoms with Crippen molar-refractivity contribution in [2.45, 2.75) is 61.0 Å². The Morgan fingerprint density at radius 2 is 1.29 bits per heavy atom. The Hall–Kier alpha value is -0.860. The largest absolute Gasteiger partial charge is 0.460 e. The second-order valence-corrected chi connectivity index (χ2v) is 6.73. The molecule has 100 valence electrons. The van der Waals surface area contributed by atoms with Gasteiger partial charge in [0, 0.05) is 11.3 Å². The monoisotopic (exact) mass is 242 g/mol. The van der Waals surface area contributed by atoms with Gasteiger partial charge in [-0.25, -0.2) is 0 Å². The van der Waals surface area contributed by atoms with Crippen LogP contribution >= 0.6 is 0 Å². The highest BCUT2D eigenvalue weighted by Crippen LogP contribution is 2.26. The van der Waals surface area contributed by atoms with E-state index in [4.69, 9.17) is 4.74 Å². The Morgan fingerprint density at radius 1 is 0.882 bits per heavy atom. The fourth-order valence-electron chi connectivity index (χ4n) is 1.51. The summed E-state index contributed by atoms with van der Waals surface area (Å²) in [5.74, 6) is -0.927. The summed E-state index contributed by atoms with van der Waals surface area (Å²) < 4.78 is 5.29. The summed E-state index contributed by atoms with van der Waals surface area (Å²) in [6.07, 6.45) is 0. The Morgan fingerprint density at radius 3 is 1.59 bits per heavy atom. The van der Waals surface area contributed by atoms with Gasteiger partial charge in [0.15, 0.2) is 0 Å². The number of carbonyl (C=O) groups is 2. The van der Waals surface area contributed by atoms with Crippen molar-refractivity contribution in [3.63, 3.8) is 0 Å². The third-order valence-corrected chi connectivity index (χ3v) is 2.68. The standard InChI is InChI=1S/C14H26O3/c1-9(11(15)13(3,4)5)10(2)12(16)17-14(6,7)8/h9-10H,1-8H3/t9-,10?/m0/s1. The van der Waals surface area contributed by atoms with Crippen molar-refractivity contribution in [2.24, 2.45) is 17.3 Å². The first-order chi connectivity index (χ1) is 7.36. The van der Waals surface area contributed by atoms with Crippen molar-refractivity contribution in [3.8, 4) is 0 Å². The van der Waals surface area contributed by atoms with Gasteiger partial charge in [-0.2, -0.15) is 0 Å². The summed E-state index contributed by atoms with van der Waals surface area (Å²) in [6, 6.07) is 0. The molecule has 0 amide bonds. The average Bonchev–Trinajstić information content (AvgIpc) is 2.10. The fraction of sp³-hybridized carbons (Fsp3) is 0.857. The molecule has 0 bridgehead atoms. The number of esters is 1. The zero-order valence-corrected chi connectivity index (χ0v) is 12.4. The Balaban J connectivity index is 4.67. The van der Waals surface area contributed by atoms with Crippen molar-refractivity contribution in [1.82, 2.24) is 0 Å². The molecular formula is C14H26O3. The number of Topliss-reactive ketones (excluding diaryl/α,β-unsaturated/α-hetero) is 1. The molecule has 0 radical (unpaired) electrons. The van der Waals surface area contributed by atoms with E-state index in [9.17, 15) is 9.59 Å². The van der Waals surface area contributed by atoms with Crippen molar-refractivity contribution >= 4 is 11.8 Å². The molecular weight excluding hydrogens is 216 g/mol. The molecule has 0 N–H and O–H groups in total. The first kappa shape index (κ1) is 16.1.